The average molecular weight is 508 g/mol. The second kappa shape index (κ2) is 13.3. The number of carbonyl (C=O) groups is 2. The van der Waals surface area contributed by atoms with Crippen LogP contribution in [0.5, 0.6) is 0 Å². The molecule has 7 heteroatoms. The minimum absolute atomic E-state index is 0.0624. The van der Waals surface area contributed by atoms with Crippen LogP contribution in [0.1, 0.15) is 56.6 Å². The zero-order chi connectivity index (χ0) is 23.6. The molecule has 1 aliphatic carbocycles. The van der Waals surface area contributed by atoms with Crippen molar-refractivity contribution < 1.29 is 9.59 Å². The Labute approximate surface area is 211 Å². The molecule has 0 aromatic heterocycles. The fraction of sp³-hybridized carbons (Fsp3) is 0.462. The van der Waals surface area contributed by atoms with Crippen LogP contribution in [0, 0.1) is 0 Å². The van der Waals surface area contributed by atoms with Gasteiger partial charge in [0.05, 0.1) is 5.75 Å². The molecule has 2 amide bonds. The molecule has 4 nitrogen and oxygen atoms in total. The molecule has 0 unspecified atom stereocenters. The first-order valence-electron chi connectivity index (χ1n) is 11.6. The first-order chi connectivity index (χ1) is 16.0. The molecule has 2 aromatic rings. The van der Waals surface area contributed by atoms with Crippen molar-refractivity contribution in [2.24, 2.45) is 0 Å². The third kappa shape index (κ3) is 7.94. The van der Waals surface area contributed by atoms with Crippen molar-refractivity contribution >= 4 is 46.8 Å². The van der Waals surface area contributed by atoms with Crippen LogP contribution in [0.4, 0.5) is 0 Å². The van der Waals surface area contributed by atoms with E-state index < -0.39 is 6.04 Å². The molecule has 0 saturated heterocycles. The van der Waals surface area contributed by atoms with Crippen molar-refractivity contribution in [1.82, 2.24) is 10.2 Å². The van der Waals surface area contributed by atoms with E-state index in [0.717, 1.165) is 36.8 Å². The second-order valence-corrected chi connectivity index (χ2v) is 10.3. The van der Waals surface area contributed by atoms with E-state index in [1.54, 1.807) is 4.90 Å². The van der Waals surface area contributed by atoms with Gasteiger partial charge in [0.15, 0.2) is 0 Å². The highest BCUT2D eigenvalue weighted by Gasteiger charge is 2.30. The predicted molar refractivity (Wildman–Crippen MR) is 139 cm³/mol. The first kappa shape index (κ1) is 25.9. The van der Waals surface area contributed by atoms with Gasteiger partial charge in [-0.05, 0) is 48.6 Å². The number of carbonyl (C=O) groups excluding carboxylic acids is 2. The van der Waals surface area contributed by atoms with E-state index in [1.165, 1.54) is 18.2 Å². The molecule has 0 aliphatic heterocycles. The Kier molecular flexibility index (Phi) is 10.4. The molecule has 1 fully saturated rings. The Morgan fingerprint density at radius 3 is 2.55 bits per heavy atom. The van der Waals surface area contributed by atoms with E-state index in [0.29, 0.717) is 28.8 Å². The van der Waals surface area contributed by atoms with Crippen molar-refractivity contribution in [3.8, 4) is 0 Å². The standard InChI is InChI=1S/C26H32Cl2N2O2S/c1-2-24(26(32)29-22-12-4-3-5-13-22)30(16-20-10-6-7-14-23(20)28)25(31)18-33-17-19-9-8-11-21(27)15-19/h6-11,14-15,22,24H,2-5,12-13,16-18H2,1H3,(H,29,32)/t24-/m0/s1. The number of thioether (sulfide) groups is 1. The number of amides is 2. The maximum absolute atomic E-state index is 13.4. The number of hydrogen-bond acceptors (Lipinski definition) is 3. The predicted octanol–water partition coefficient (Wildman–Crippen LogP) is 6.48. The summed E-state index contributed by atoms with van der Waals surface area (Å²) in [6.07, 6.45) is 6.08. The highest BCUT2D eigenvalue weighted by Crippen LogP contribution is 2.23. The van der Waals surface area contributed by atoms with Gasteiger partial charge in [0.25, 0.3) is 0 Å². The van der Waals surface area contributed by atoms with Crippen LogP contribution in [0.15, 0.2) is 48.5 Å². The van der Waals surface area contributed by atoms with Gasteiger partial charge in [0.2, 0.25) is 11.8 Å². The molecular formula is C26H32Cl2N2O2S. The fourth-order valence-corrected chi connectivity index (χ4v) is 5.51. The van der Waals surface area contributed by atoms with E-state index in [4.69, 9.17) is 23.2 Å². The molecule has 1 atom stereocenters. The SMILES string of the molecule is CC[C@@H](C(=O)NC1CCCCC1)N(Cc1ccccc1Cl)C(=O)CSCc1cccc(Cl)c1. The van der Waals surface area contributed by atoms with E-state index in [2.05, 4.69) is 5.32 Å². The number of nitrogens with zero attached hydrogens (tertiary/aromatic N) is 1. The molecule has 0 bridgehead atoms. The van der Waals surface area contributed by atoms with Gasteiger partial charge in [-0.25, -0.2) is 0 Å². The van der Waals surface area contributed by atoms with Crippen LogP contribution in [-0.4, -0.2) is 34.6 Å². The number of benzene rings is 2. The molecule has 178 valence electrons. The zero-order valence-electron chi connectivity index (χ0n) is 19.1. The minimum Gasteiger partial charge on any atom is -0.352 e. The summed E-state index contributed by atoms with van der Waals surface area (Å²) < 4.78 is 0. The molecule has 2 aromatic carbocycles. The van der Waals surface area contributed by atoms with Crippen molar-refractivity contribution in [2.75, 3.05) is 5.75 Å². The van der Waals surface area contributed by atoms with Crippen molar-refractivity contribution in [2.45, 2.75) is 69.8 Å². The molecule has 0 heterocycles. The Bertz CT molecular complexity index is 934. The summed E-state index contributed by atoms with van der Waals surface area (Å²) in [7, 11) is 0. The summed E-state index contributed by atoms with van der Waals surface area (Å²) in [5, 5.41) is 4.49. The molecule has 33 heavy (non-hydrogen) atoms. The van der Waals surface area contributed by atoms with Crippen molar-refractivity contribution in [3.63, 3.8) is 0 Å². The van der Waals surface area contributed by atoms with Crippen LogP contribution < -0.4 is 5.32 Å². The number of rotatable bonds is 10. The summed E-state index contributed by atoms with van der Waals surface area (Å²) in [5.74, 6) is 0.832. The van der Waals surface area contributed by atoms with Gasteiger partial charge >= 0.3 is 0 Å². The smallest absolute Gasteiger partial charge is 0.243 e. The van der Waals surface area contributed by atoms with E-state index >= 15 is 0 Å². The molecule has 1 aliphatic rings. The summed E-state index contributed by atoms with van der Waals surface area (Å²) >= 11 is 14.0. The van der Waals surface area contributed by atoms with Crippen LogP contribution in [0.3, 0.4) is 0 Å². The number of nitrogens with one attached hydrogen (secondary N) is 1. The first-order valence-corrected chi connectivity index (χ1v) is 13.5. The van der Waals surface area contributed by atoms with Crippen LogP contribution in [0.2, 0.25) is 10.0 Å². The maximum atomic E-state index is 13.4. The lowest BCUT2D eigenvalue weighted by Crippen LogP contribution is -2.52. The highest BCUT2D eigenvalue weighted by atomic mass is 35.5. The molecule has 0 spiro atoms. The lowest BCUT2D eigenvalue weighted by atomic mass is 9.95. The van der Waals surface area contributed by atoms with Gasteiger partial charge in [-0.15, -0.1) is 11.8 Å². The summed E-state index contributed by atoms with van der Waals surface area (Å²) in [6.45, 7) is 2.27. The van der Waals surface area contributed by atoms with E-state index in [1.807, 2.05) is 55.5 Å². The highest BCUT2D eigenvalue weighted by molar-refractivity contribution is 7.99. The maximum Gasteiger partial charge on any atom is 0.243 e. The van der Waals surface area contributed by atoms with Crippen LogP contribution in [-0.2, 0) is 21.9 Å². The zero-order valence-corrected chi connectivity index (χ0v) is 21.4. The van der Waals surface area contributed by atoms with Crippen LogP contribution in [0.25, 0.3) is 0 Å². The Morgan fingerprint density at radius 1 is 1.09 bits per heavy atom. The van der Waals surface area contributed by atoms with Gasteiger partial charge in [-0.2, -0.15) is 0 Å². The summed E-state index contributed by atoms with van der Waals surface area (Å²) in [6, 6.07) is 14.8. The lowest BCUT2D eigenvalue weighted by Gasteiger charge is -2.33. The Morgan fingerprint density at radius 2 is 1.85 bits per heavy atom. The van der Waals surface area contributed by atoms with E-state index in [-0.39, 0.29) is 23.6 Å². The molecule has 0 radical (unpaired) electrons. The van der Waals surface area contributed by atoms with Gasteiger partial charge in [-0.1, -0.05) is 79.7 Å². The third-order valence-electron chi connectivity index (χ3n) is 6.02. The third-order valence-corrected chi connectivity index (χ3v) is 7.61. The molecule has 3 rings (SSSR count). The van der Waals surface area contributed by atoms with Gasteiger partial charge < -0.3 is 10.2 Å². The lowest BCUT2D eigenvalue weighted by molar-refractivity contribution is -0.139. The van der Waals surface area contributed by atoms with Gasteiger partial charge in [-0.3, -0.25) is 9.59 Å². The van der Waals surface area contributed by atoms with E-state index in [9.17, 15) is 9.59 Å². The Hall–Kier alpha value is -1.69. The Balaban J connectivity index is 1.71. The second-order valence-electron chi connectivity index (χ2n) is 8.50. The molecular weight excluding hydrogens is 475 g/mol. The van der Waals surface area contributed by atoms with Gasteiger partial charge in [0, 0.05) is 28.4 Å². The van der Waals surface area contributed by atoms with Gasteiger partial charge in [0.1, 0.15) is 6.04 Å². The normalized spacial score (nSPS) is 15.1. The topological polar surface area (TPSA) is 49.4 Å². The monoisotopic (exact) mass is 506 g/mol. The van der Waals surface area contributed by atoms with Crippen molar-refractivity contribution in [3.05, 3.63) is 69.7 Å². The van der Waals surface area contributed by atoms with Crippen LogP contribution >= 0.6 is 35.0 Å². The number of halogens is 2. The quantitative estimate of drug-likeness (QED) is 0.400. The van der Waals surface area contributed by atoms with Crippen molar-refractivity contribution in [1.29, 1.82) is 0 Å². The summed E-state index contributed by atoms with van der Waals surface area (Å²) in [5.41, 5.74) is 1.91. The largest absolute Gasteiger partial charge is 0.352 e. The fourth-order valence-electron chi connectivity index (χ4n) is 4.24. The molecule has 1 N–H and O–H groups in total. The minimum atomic E-state index is -0.525. The summed E-state index contributed by atoms with van der Waals surface area (Å²) in [4.78, 5) is 28.3. The number of hydrogen-bond donors (Lipinski definition) is 1. The molecule has 1 saturated carbocycles. The average Bonchev–Trinajstić information content (AvgIpc) is 2.81.